The van der Waals surface area contributed by atoms with Gasteiger partial charge in [-0.05, 0) is 29.8 Å². The standard InChI is InChI=1S/C19H18N4O4/c24-23(25)17-4-3-16(19-15(17)2-1-7-21-19)22-11-13-5-8-20-18(10-13)27-14-6-9-26-12-14/h1-5,7-8,10,14,22H,6,9,11-12H2. The van der Waals surface area contributed by atoms with Crippen molar-refractivity contribution in [2.24, 2.45) is 0 Å². The van der Waals surface area contributed by atoms with Gasteiger partial charge in [0.05, 0.1) is 29.2 Å². The Bertz CT molecular complexity index is 973. The second kappa shape index (κ2) is 7.55. The predicted octanol–water partition coefficient (Wildman–Crippen LogP) is 3.32. The molecule has 0 saturated carbocycles. The zero-order valence-electron chi connectivity index (χ0n) is 14.5. The molecule has 1 saturated heterocycles. The molecule has 1 aliphatic rings. The minimum absolute atomic E-state index is 0.0435. The zero-order chi connectivity index (χ0) is 18.6. The maximum atomic E-state index is 11.2. The number of ether oxygens (including phenoxy) is 2. The van der Waals surface area contributed by atoms with E-state index in [4.69, 9.17) is 9.47 Å². The van der Waals surface area contributed by atoms with Crippen LogP contribution in [0, 0.1) is 10.1 Å². The van der Waals surface area contributed by atoms with Crippen molar-refractivity contribution >= 4 is 22.3 Å². The third kappa shape index (κ3) is 3.80. The number of nitro benzene ring substituents is 1. The summed E-state index contributed by atoms with van der Waals surface area (Å²) in [6, 6.07) is 10.3. The highest BCUT2D eigenvalue weighted by molar-refractivity contribution is 5.96. The van der Waals surface area contributed by atoms with E-state index in [0.717, 1.165) is 17.7 Å². The smallest absolute Gasteiger partial charge is 0.278 e. The van der Waals surface area contributed by atoms with Gasteiger partial charge in [0.1, 0.15) is 11.6 Å². The van der Waals surface area contributed by atoms with Crippen molar-refractivity contribution in [2.75, 3.05) is 18.5 Å². The number of nitrogens with one attached hydrogen (secondary N) is 1. The van der Waals surface area contributed by atoms with Gasteiger partial charge in [0.2, 0.25) is 5.88 Å². The SMILES string of the molecule is O=[N+]([O-])c1ccc(NCc2ccnc(OC3CCOC3)c2)c2ncccc12. The Morgan fingerprint density at radius 3 is 3.00 bits per heavy atom. The van der Waals surface area contributed by atoms with Gasteiger partial charge in [-0.1, -0.05) is 0 Å². The van der Waals surface area contributed by atoms with E-state index in [2.05, 4.69) is 15.3 Å². The number of nitro groups is 1. The first-order valence-electron chi connectivity index (χ1n) is 8.66. The normalized spacial score (nSPS) is 16.4. The van der Waals surface area contributed by atoms with Gasteiger partial charge in [0, 0.05) is 37.5 Å². The van der Waals surface area contributed by atoms with E-state index >= 15 is 0 Å². The summed E-state index contributed by atoms with van der Waals surface area (Å²) in [7, 11) is 0. The Morgan fingerprint density at radius 1 is 1.26 bits per heavy atom. The third-order valence-electron chi connectivity index (χ3n) is 4.40. The first kappa shape index (κ1) is 17.2. The van der Waals surface area contributed by atoms with Gasteiger partial charge >= 0.3 is 0 Å². The topological polar surface area (TPSA) is 99.4 Å². The van der Waals surface area contributed by atoms with E-state index in [-0.39, 0.29) is 11.8 Å². The highest BCUT2D eigenvalue weighted by atomic mass is 16.6. The zero-order valence-corrected chi connectivity index (χ0v) is 14.5. The molecule has 1 unspecified atom stereocenters. The van der Waals surface area contributed by atoms with Crippen LogP contribution < -0.4 is 10.1 Å². The number of nitrogens with zero attached hydrogens (tertiary/aromatic N) is 3. The van der Waals surface area contributed by atoms with Gasteiger partial charge in [-0.3, -0.25) is 15.1 Å². The lowest BCUT2D eigenvalue weighted by atomic mass is 10.1. The van der Waals surface area contributed by atoms with Crippen molar-refractivity contribution in [3.63, 3.8) is 0 Å². The lowest BCUT2D eigenvalue weighted by molar-refractivity contribution is -0.383. The van der Waals surface area contributed by atoms with Gasteiger partial charge in [0.15, 0.2) is 0 Å². The fourth-order valence-corrected chi connectivity index (χ4v) is 3.06. The minimum Gasteiger partial charge on any atom is -0.472 e. The number of non-ortho nitro benzene ring substituents is 1. The van der Waals surface area contributed by atoms with Crippen LogP contribution >= 0.6 is 0 Å². The van der Waals surface area contributed by atoms with E-state index in [9.17, 15) is 10.1 Å². The van der Waals surface area contributed by atoms with Crippen LogP contribution in [0.4, 0.5) is 11.4 Å². The number of hydrogen-bond acceptors (Lipinski definition) is 7. The number of anilines is 1. The van der Waals surface area contributed by atoms with Crippen molar-refractivity contribution in [3.05, 3.63) is 64.5 Å². The monoisotopic (exact) mass is 366 g/mol. The predicted molar refractivity (Wildman–Crippen MR) is 99.8 cm³/mol. The van der Waals surface area contributed by atoms with Crippen LogP contribution in [0.2, 0.25) is 0 Å². The van der Waals surface area contributed by atoms with Crippen LogP contribution in [-0.4, -0.2) is 34.2 Å². The maximum absolute atomic E-state index is 11.2. The van der Waals surface area contributed by atoms with Crippen LogP contribution in [-0.2, 0) is 11.3 Å². The molecule has 8 nitrogen and oxygen atoms in total. The van der Waals surface area contributed by atoms with Crippen LogP contribution in [0.3, 0.4) is 0 Å². The van der Waals surface area contributed by atoms with Gasteiger partial charge in [-0.25, -0.2) is 4.98 Å². The summed E-state index contributed by atoms with van der Waals surface area (Å²) < 4.78 is 11.1. The molecule has 0 amide bonds. The van der Waals surface area contributed by atoms with Crippen molar-refractivity contribution in [3.8, 4) is 5.88 Å². The van der Waals surface area contributed by atoms with Crippen LogP contribution in [0.5, 0.6) is 5.88 Å². The summed E-state index contributed by atoms with van der Waals surface area (Å²) in [5.74, 6) is 0.566. The Kier molecular flexibility index (Phi) is 4.80. The average molecular weight is 366 g/mol. The van der Waals surface area contributed by atoms with E-state index in [1.54, 1.807) is 30.6 Å². The van der Waals surface area contributed by atoms with E-state index < -0.39 is 4.92 Å². The molecular formula is C19H18N4O4. The molecule has 4 rings (SSSR count). The molecule has 138 valence electrons. The quantitative estimate of drug-likeness (QED) is 0.528. The largest absolute Gasteiger partial charge is 0.472 e. The summed E-state index contributed by atoms with van der Waals surface area (Å²) in [5, 5.41) is 15.0. The van der Waals surface area contributed by atoms with Crippen molar-refractivity contribution in [1.29, 1.82) is 0 Å². The molecule has 1 aliphatic heterocycles. The lowest BCUT2D eigenvalue weighted by Crippen LogP contribution is -2.16. The highest BCUT2D eigenvalue weighted by Gasteiger charge is 2.18. The molecular weight excluding hydrogens is 348 g/mol. The molecule has 1 fully saturated rings. The number of rotatable bonds is 6. The number of pyridine rings is 2. The first-order chi connectivity index (χ1) is 13.2. The molecule has 0 bridgehead atoms. The van der Waals surface area contributed by atoms with E-state index in [1.807, 2.05) is 12.1 Å². The average Bonchev–Trinajstić information content (AvgIpc) is 3.19. The Hall–Kier alpha value is -3.26. The number of aromatic nitrogens is 2. The molecule has 0 aliphatic carbocycles. The van der Waals surface area contributed by atoms with Crippen molar-refractivity contribution in [1.82, 2.24) is 9.97 Å². The fourth-order valence-electron chi connectivity index (χ4n) is 3.06. The molecule has 8 heteroatoms. The molecule has 1 atom stereocenters. The molecule has 3 heterocycles. The molecule has 27 heavy (non-hydrogen) atoms. The van der Waals surface area contributed by atoms with Crippen molar-refractivity contribution in [2.45, 2.75) is 19.1 Å². The first-order valence-corrected chi connectivity index (χ1v) is 8.66. The lowest BCUT2D eigenvalue weighted by Gasteiger charge is -2.13. The second-order valence-corrected chi connectivity index (χ2v) is 6.25. The van der Waals surface area contributed by atoms with Gasteiger partial charge in [-0.2, -0.15) is 0 Å². The summed E-state index contributed by atoms with van der Waals surface area (Å²) >= 11 is 0. The fraction of sp³-hybridized carbons (Fsp3) is 0.263. The third-order valence-corrected chi connectivity index (χ3v) is 4.40. The number of fused-ring (bicyclic) bond motifs is 1. The van der Waals surface area contributed by atoms with E-state index in [0.29, 0.717) is 36.5 Å². The summed E-state index contributed by atoms with van der Waals surface area (Å²) in [5.41, 5.74) is 2.34. The van der Waals surface area contributed by atoms with Gasteiger partial charge < -0.3 is 14.8 Å². The Labute approximate surface area is 155 Å². The molecule has 2 aromatic heterocycles. The number of benzene rings is 1. The summed E-state index contributed by atoms with van der Waals surface area (Å²) in [4.78, 5) is 19.4. The van der Waals surface area contributed by atoms with Gasteiger partial charge in [0.25, 0.3) is 5.69 Å². The Morgan fingerprint density at radius 2 is 2.19 bits per heavy atom. The van der Waals surface area contributed by atoms with Crippen LogP contribution in [0.25, 0.3) is 10.9 Å². The van der Waals surface area contributed by atoms with E-state index in [1.165, 1.54) is 6.07 Å². The van der Waals surface area contributed by atoms with Crippen molar-refractivity contribution < 1.29 is 14.4 Å². The van der Waals surface area contributed by atoms with Crippen LogP contribution in [0.15, 0.2) is 48.8 Å². The number of hydrogen-bond donors (Lipinski definition) is 1. The summed E-state index contributed by atoms with van der Waals surface area (Å²) in [6.07, 6.45) is 4.24. The summed E-state index contributed by atoms with van der Waals surface area (Å²) in [6.45, 7) is 1.82. The molecule has 1 aromatic carbocycles. The Balaban J connectivity index is 1.52. The van der Waals surface area contributed by atoms with Gasteiger partial charge in [-0.15, -0.1) is 0 Å². The second-order valence-electron chi connectivity index (χ2n) is 6.25. The molecule has 1 N–H and O–H groups in total. The minimum atomic E-state index is -0.396. The molecule has 0 spiro atoms. The highest BCUT2D eigenvalue weighted by Crippen LogP contribution is 2.30. The molecule has 3 aromatic rings. The molecule has 0 radical (unpaired) electrons. The van der Waals surface area contributed by atoms with Crippen LogP contribution in [0.1, 0.15) is 12.0 Å². The maximum Gasteiger partial charge on any atom is 0.278 e.